The molecule has 0 aliphatic carbocycles. The van der Waals surface area contributed by atoms with Gasteiger partial charge in [-0.2, -0.15) is 5.10 Å². The smallest absolute Gasteiger partial charge is 0.235 e. The van der Waals surface area contributed by atoms with Gasteiger partial charge in [0.05, 0.1) is 17.1 Å². The molecule has 0 amide bonds. The Balaban J connectivity index is 1.96. The van der Waals surface area contributed by atoms with E-state index in [1.54, 1.807) is 24.7 Å². The number of nitrogens with one attached hydrogen (secondary N) is 1. The van der Waals surface area contributed by atoms with Crippen molar-refractivity contribution in [3.8, 4) is 0 Å². The van der Waals surface area contributed by atoms with Crippen molar-refractivity contribution in [3.05, 3.63) is 48.3 Å². The zero-order chi connectivity index (χ0) is 14.6. The number of hydrogen-bond acceptors (Lipinski definition) is 3. The highest BCUT2D eigenvalue weighted by Gasteiger charge is 2.16. The third kappa shape index (κ3) is 3.84. The van der Waals surface area contributed by atoms with E-state index in [1.165, 1.54) is 11.8 Å². The molecule has 0 bridgehead atoms. The first kappa shape index (κ1) is 14.6. The molecule has 5 nitrogen and oxygen atoms in total. The van der Waals surface area contributed by atoms with Crippen molar-refractivity contribution in [3.63, 3.8) is 0 Å². The van der Waals surface area contributed by atoms with Crippen LogP contribution in [-0.4, -0.2) is 23.4 Å². The van der Waals surface area contributed by atoms with Crippen molar-refractivity contribution in [2.24, 2.45) is 0 Å². The van der Waals surface area contributed by atoms with Crippen LogP contribution in [-0.2, 0) is 23.0 Å². The molecular formula is C14H19N3O2S. The van der Waals surface area contributed by atoms with Crippen molar-refractivity contribution in [2.45, 2.75) is 32.1 Å². The standard InChI is InChI=1S/C14H19N3O2S/c1-12(2)20(18,19)16-14-10-15-17(11-14)9-8-13-6-4-3-5-7-13/h3-7,10-12,16H,8-9H2,1-2H3. The molecule has 2 rings (SSSR count). The predicted molar refractivity (Wildman–Crippen MR) is 80.1 cm³/mol. The molecule has 0 atom stereocenters. The van der Waals surface area contributed by atoms with Crippen LogP contribution < -0.4 is 4.72 Å². The summed E-state index contributed by atoms with van der Waals surface area (Å²) in [6.45, 7) is 4.00. The normalized spacial score (nSPS) is 11.8. The van der Waals surface area contributed by atoms with Gasteiger partial charge in [0.1, 0.15) is 0 Å². The van der Waals surface area contributed by atoms with Gasteiger partial charge in [-0.1, -0.05) is 30.3 Å². The molecule has 0 radical (unpaired) electrons. The fraction of sp³-hybridized carbons (Fsp3) is 0.357. The number of hydrogen-bond donors (Lipinski definition) is 1. The van der Waals surface area contributed by atoms with Crippen molar-refractivity contribution in [1.82, 2.24) is 9.78 Å². The lowest BCUT2D eigenvalue weighted by molar-refractivity contribution is 0.592. The van der Waals surface area contributed by atoms with Gasteiger partial charge in [0.2, 0.25) is 10.0 Å². The summed E-state index contributed by atoms with van der Waals surface area (Å²) in [5.74, 6) is 0. The maximum absolute atomic E-state index is 11.7. The quantitative estimate of drug-likeness (QED) is 0.888. The maximum Gasteiger partial charge on any atom is 0.235 e. The summed E-state index contributed by atoms with van der Waals surface area (Å²) in [6, 6.07) is 10.1. The van der Waals surface area contributed by atoms with Crippen molar-refractivity contribution in [1.29, 1.82) is 0 Å². The average Bonchev–Trinajstić information content (AvgIpc) is 2.84. The van der Waals surface area contributed by atoms with E-state index in [2.05, 4.69) is 22.0 Å². The highest BCUT2D eigenvalue weighted by atomic mass is 32.2. The van der Waals surface area contributed by atoms with Crippen LogP contribution in [0.3, 0.4) is 0 Å². The zero-order valence-corrected chi connectivity index (χ0v) is 12.5. The monoisotopic (exact) mass is 293 g/mol. The number of sulfonamides is 1. The molecule has 1 N–H and O–H groups in total. The molecule has 1 aromatic carbocycles. The summed E-state index contributed by atoms with van der Waals surface area (Å²) in [7, 11) is -3.31. The Kier molecular flexibility index (Phi) is 4.44. The van der Waals surface area contributed by atoms with E-state index < -0.39 is 15.3 Å². The lowest BCUT2D eigenvalue weighted by Gasteiger charge is -2.08. The second kappa shape index (κ2) is 6.09. The van der Waals surface area contributed by atoms with E-state index in [0.717, 1.165) is 6.42 Å². The first-order valence-corrected chi connectivity index (χ1v) is 8.10. The number of rotatable bonds is 6. The molecule has 0 saturated carbocycles. The van der Waals surface area contributed by atoms with E-state index in [4.69, 9.17) is 0 Å². The maximum atomic E-state index is 11.7. The van der Waals surface area contributed by atoms with E-state index in [0.29, 0.717) is 12.2 Å². The van der Waals surface area contributed by atoms with Crippen LogP contribution in [0.4, 0.5) is 5.69 Å². The largest absolute Gasteiger partial charge is 0.280 e. The number of aryl methyl sites for hydroxylation is 2. The summed E-state index contributed by atoms with van der Waals surface area (Å²) in [6.07, 6.45) is 4.10. The topological polar surface area (TPSA) is 64.0 Å². The van der Waals surface area contributed by atoms with Gasteiger partial charge in [-0.3, -0.25) is 9.40 Å². The van der Waals surface area contributed by atoms with Crippen LogP contribution in [0.25, 0.3) is 0 Å². The predicted octanol–water partition coefficient (Wildman–Crippen LogP) is 2.28. The van der Waals surface area contributed by atoms with Gasteiger partial charge < -0.3 is 0 Å². The first-order valence-electron chi connectivity index (χ1n) is 6.55. The number of anilines is 1. The number of benzene rings is 1. The van der Waals surface area contributed by atoms with E-state index in [-0.39, 0.29) is 0 Å². The van der Waals surface area contributed by atoms with Crippen molar-refractivity contribution < 1.29 is 8.42 Å². The summed E-state index contributed by atoms with van der Waals surface area (Å²) < 4.78 is 27.7. The second-order valence-corrected chi connectivity index (χ2v) is 7.16. The summed E-state index contributed by atoms with van der Waals surface area (Å²) in [5.41, 5.74) is 1.74. The minimum Gasteiger partial charge on any atom is -0.280 e. The van der Waals surface area contributed by atoms with Gasteiger partial charge in [0.15, 0.2) is 0 Å². The van der Waals surface area contributed by atoms with Crippen LogP contribution in [0, 0.1) is 0 Å². The first-order chi connectivity index (χ1) is 9.47. The third-order valence-electron chi connectivity index (χ3n) is 2.99. The number of nitrogens with zero attached hydrogens (tertiary/aromatic N) is 2. The van der Waals surface area contributed by atoms with Crippen LogP contribution in [0.2, 0.25) is 0 Å². The fourth-order valence-electron chi connectivity index (χ4n) is 1.71. The third-order valence-corrected chi connectivity index (χ3v) is 4.75. The van der Waals surface area contributed by atoms with Crippen LogP contribution >= 0.6 is 0 Å². The van der Waals surface area contributed by atoms with Crippen molar-refractivity contribution >= 4 is 15.7 Å². The summed E-state index contributed by atoms with van der Waals surface area (Å²) >= 11 is 0. The van der Waals surface area contributed by atoms with Gasteiger partial charge in [0, 0.05) is 12.7 Å². The van der Waals surface area contributed by atoms with Gasteiger partial charge in [-0.15, -0.1) is 0 Å². The summed E-state index contributed by atoms with van der Waals surface area (Å²) in [4.78, 5) is 0. The molecule has 6 heteroatoms. The van der Waals surface area contributed by atoms with Crippen LogP contribution in [0.1, 0.15) is 19.4 Å². The molecule has 1 heterocycles. The Morgan fingerprint density at radius 3 is 2.60 bits per heavy atom. The van der Waals surface area contributed by atoms with Gasteiger partial charge in [0.25, 0.3) is 0 Å². The highest BCUT2D eigenvalue weighted by Crippen LogP contribution is 2.11. The molecule has 0 spiro atoms. The lowest BCUT2D eigenvalue weighted by Crippen LogP contribution is -2.22. The van der Waals surface area contributed by atoms with Crippen LogP contribution in [0.15, 0.2) is 42.7 Å². The molecular weight excluding hydrogens is 274 g/mol. The Morgan fingerprint density at radius 2 is 1.95 bits per heavy atom. The average molecular weight is 293 g/mol. The molecule has 108 valence electrons. The molecule has 0 aliphatic heterocycles. The Labute approximate surface area is 119 Å². The number of aromatic nitrogens is 2. The zero-order valence-electron chi connectivity index (χ0n) is 11.7. The Bertz CT molecular complexity index is 648. The Morgan fingerprint density at radius 1 is 1.25 bits per heavy atom. The minimum absolute atomic E-state index is 0.463. The van der Waals surface area contributed by atoms with Crippen LogP contribution in [0.5, 0.6) is 0 Å². The van der Waals surface area contributed by atoms with E-state index >= 15 is 0 Å². The lowest BCUT2D eigenvalue weighted by atomic mass is 10.1. The molecule has 0 unspecified atom stereocenters. The van der Waals surface area contributed by atoms with Gasteiger partial charge in [-0.05, 0) is 25.8 Å². The SMILES string of the molecule is CC(C)S(=O)(=O)Nc1cnn(CCc2ccccc2)c1. The Hall–Kier alpha value is -1.82. The molecule has 0 aliphatic rings. The molecule has 0 saturated heterocycles. The fourth-order valence-corrected chi connectivity index (χ4v) is 2.38. The van der Waals surface area contributed by atoms with Gasteiger partial charge >= 0.3 is 0 Å². The molecule has 0 fully saturated rings. The van der Waals surface area contributed by atoms with E-state index in [1.807, 2.05) is 18.2 Å². The van der Waals surface area contributed by atoms with E-state index in [9.17, 15) is 8.42 Å². The summed E-state index contributed by atoms with van der Waals surface area (Å²) in [5, 5.41) is 3.70. The minimum atomic E-state index is -3.31. The molecule has 1 aromatic heterocycles. The van der Waals surface area contributed by atoms with Crippen molar-refractivity contribution in [2.75, 3.05) is 4.72 Å². The van der Waals surface area contributed by atoms with Gasteiger partial charge in [-0.25, -0.2) is 8.42 Å². The molecule has 2 aromatic rings. The molecule has 20 heavy (non-hydrogen) atoms. The highest BCUT2D eigenvalue weighted by molar-refractivity contribution is 7.93. The second-order valence-electron chi connectivity index (χ2n) is 4.92.